The Labute approximate surface area is 119 Å². The number of piperidine rings is 2. The van der Waals surface area contributed by atoms with E-state index in [0.29, 0.717) is 5.88 Å². The number of oxazole rings is 1. The molecule has 1 aromatic heterocycles. The van der Waals surface area contributed by atoms with Gasteiger partial charge in [-0.15, -0.1) is 11.6 Å². The average molecular weight is 284 g/mol. The van der Waals surface area contributed by atoms with E-state index < -0.39 is 0 Å². The van der Waals surface area contributed by atoms with E-state index in [1.807, 2.05) is 0 Å². The zero-order valence-electron chi connectivity index (χ0n) is 11.4. The molecule has 0 radical (unpaired) electrons. The molecular weight excluding hydrogens is 262 g/mol. The fourth-order valence-corrected chi connectivity index (χ4v) is 3.33. The maximum Gasteiger partial charge on any atom is 0.297 e. The Balaban J connectivity index is 1.53. The van der Waals surface area contributed by atoms with E-state index in [1.54, 1.807) is 6.26 Å². The molecule has 3 rings (SSSR count). The molecule has 4 nitrogen and oxygen atoms in total. The number of nitrogens with zero attached hydrogens (tertiary/aromatic N) is 3. The first-order valence-corrected chi connectivity index (χ1v) is 7.89. The molecule has 5 heteroatoms. The fourth-order valence-electron chi connectivity index (χ4n) is 3.21. The maximum absolute atomic E-state index is 5.76. The lowest BCUT2D eigenvalue weighted by Gasteiger charge is -2.39. The number of aromatic nitrogens is 1. The van der Waals surface area contributed by atoms with Crippen molar-refractivity contribution in [1.82, 2.24) is 9.88 Å². The Kier molecular flexibility index (Phi) is 4.28. The van der Waals surface area contributed by atoms with E-state index in [0.717, 1.165) is 30.8 Å². The lowest BCUT2D eigenvalue weighted by atomic mass is 10.0. The Morgan fingerprint density at radius 1 is 1.16 bits per heavy atom. The van der Waals surface area contributed by atoms with E-state index in [1.165, 1.54) is 45.2 Å². The van der Waals surface area contributed by atoms with Crippen LogP contribution in [0.15, 0.2) is 10.7 Å². The van der Waals surface area contributed by atoms with Crippen molar-refractivity contribution in [3.63, 3.8) is 0 Å². The number of hydrogen-bond donors (Lipinski definition) is 0. The van der Waals surface area contributed by atoms with Crippen LogP contribution >= 0.6 is 11.6 Å². The summed E-state index contributed by atoms with van der Waals surface area (Å²) in [5, 5.41) is 0. The number of anilines is 1. The highest BCUT2D eigenvalue weighted by molar-refractivity contribution is 6.16. The van der Waals surface area contributed by atoms with Crippen LogP contribution in [0.1, 0.15) is 37.8 Å². The van der Waals surface area contributed by atoms with Crippen molar-refractivity contribution < 1.29 is 4.42 Å². The van der Waals surface area contributed by atoms with Crippen LogP contribution in [-0.4, -0.2) is 42.1 Å². The van der Waals surface area contributed by atoms with Gasteiger partial charge in [-0.3, -0.25) is 0 Å². The van der Waals surface area contributed by atoms with Gasteiger partial charge in [-0.2, -0.15) is 4.98 Å². The molecule has 19 heavy (non-hydrogen) atoms. The molecule has 0 saturated carbocycles. The van der Waals surface area contributed by atoms with Crippen LogP contribution in [0, 0.1) is 0 Å². The molecule has 2 aliphatic heterocycles. The summed E-state index contributed by atoms with van der Waals surface area (Å²) in [5.41, 5.74) is 0.829. The third-order valence-corrected chi connectivity index (χ3v) is 4.59. The molecule has 0 bridgehead atoms. The zero-order valence-corrected chi connectivity index (χ0v) is 12.1. The summed E-state index contributed by atoms with van der Waals surface area (Å²) in [6, 6.07) is 1.51. The van der Waals surface area contributed by atoms with Gasteiger partial charge in [-0.25, -0.2) is 0 Å². The number of likely N-dealkylation sites (tertiary alicyclic amines) is 1. The third-order valence-electron chi connectivity index (χ3n) is 4.32. The van der Waals surface area contributed by atoms with Crippen LogP contribution in [0.4, 0.5) is 6.01 Å². The van der Waals surface area contributed by atoms with E-state index in [-0.39, 0.29) is 0 Å². The molecule has 0 aromatic carbocycles. The van der Waals surface area contributed by atoms with Gasteiger partial charge < -0.3 is 14.2 Å². The maximum atomic E-state index is 5.76. The lowest BCUT2D eigenvalue weighted by Crippen LogP contribution is -2.46. The van der Waals surface area contributed by atoms with Crippen molar-refractivity contribution >= 4 is 17.6 Å². The molecule has 0 N–H and O–H groups in total. The van der Waals surface area contributed by atoms with Crippen molar-refractivity contribution in [2.24, 2.45) is 0 Å². The predicted octanol–water partition coefficient (Wildman–Crippen LogP) is 2.87. The predicted molar refractivity (Wildman–Crippen MR) is 76.7 cm³/mol. The normalized spacial score (nSPS) is 22.9. The molecule has 2 aliphatic rings. The molecule has 0 spiro atoms. The molecule has 0 aliphatic carbocycles. The lowest BCUT2D eigenvalue weighted by molar-refractivity contribution is 0.140. The minimum atomic E-state index is 0.424. The second-order valence-electron chi connectivity index (χ2n) is 5.57. The van der Waals surface area contributed by atoms with Gasteiger partial charge in [0.15, 0.2) is 0 Å². The summed E-state index contributed by atoms with van der Waals surface area (Å²) in [4.78, 5) is 9.33. The van der Waals surface area contributed by atoms with Crippen LogP contribution in [0.5, 0.6) is 0 Å². The molecule has 2 fully saturated rings. The first-order chi connectivity index (χ1) is 9.36. The van der Waals surface area contributed by atoms with E-state index >= 15 is 0 Å². The molecule has 0 amide bonds. The molecule has 3 heterocycles. The van der Waals surface area contributed by atoms with E-state index in [2.05, 4.69) is 14.8 Å². The Bertz CT molecular complexity index is 395. The fraction of sp³-hybridized carbons (Fsp3) is 0.786. The average Bonchev–Trinajstić information content (AvgIpc) is 2.97. The van der Waals surface area contributed by atoms with E-state index in [4.69, 9.17) is 16.0 Å². The van der Waals surface area contributed by atoms with Crippen LogP contribution in [-0.2, 0) is 5.88 Å². The van der Waals surface area contributed by atoms with Gasteiger partial charge in [-0.1, -0.05) is 6.42 Å². The quantitative estimate of drug-likeness (QED) is 0.799. The summed E-state index contributed by atoms with van der Waals surface area (Å²) in [7, 11) is 0. The van der Waals surface area contributed by atoms with Crippen molar-refractivity contribution in [3.05, 3.63) is 12.0 Å². The highest BCUT2D eigenvalue weighted by atomic mass is 35.5. The molecule has 0 atom stereocenters. The smallest absolute Gasteiger partial charge is 0.297 e. The summed E-state index contributed by atoms with van der Waals surface area (Å²) < 4.78 is 5.49. The molecular formula is C14H22ClN3O. The molecule has 1 aromatic rings. The molecule has 0 unspecified atom stereocenters. The largest absolute Gasteiger partial charge is 0.432 e. The van der Waals surface area contributed by atoms with Gasteiger partial charge in [-0.05, 0) is 38.8 Å². The topological polar surface area (TPSA) is 32.5 Å². The van der Waals surface area contributed by atoms with Gasteiger partial charge >= 0.3 is 0 Å². The molecule has 2 saturated heterocycles. The number of alkyl halides is 1. The molecule has 106 valence electrons. The summed E-state index contributed by atoms with van der Waals surface area (Å²) in [6.45, 7) is 4.67. The second kappa shape index (κ2) is 6.14. The highest BCUT2D eigenvalue weighted by Crippen LogP contribution is 2.24. The monoisotopic (exact) mass is 283 g/mol. The van der Waals surface area contributed by atoms with Gasteiger partial charge in [0.05, 0.1) is 11.6 Å². The summed E-state index contributed by atoms with van der Waals surface area (Å²) >= 11 is 5.76. The third kappa shape index (κ3) is 3.06. The van der Waals surface area contributed by atoms with Gasteiger partial charge in [0.1, 0.15) is 6.26 Å². The first kappa shape index (κ1) is 13.3. The minimum absolute atomic E-state index is 0.424. The Morgan fingerprint density at radius 3 is 2.53 bits per heavy atom. The zero-order chi connectivity index (χ0) is 13.1. The second-order valence-corrected chi connectivity index (χ2v) is 5.84. The standard InChI is InChI=1S/C14H22ClN3O/c15-10-12-11-19-14(16-12)18-8-4-13(5-9-18)17-6-2-1-3-7-17/h11,13H,1-10H2. The Hall–Kier alpha value is -0.740. The van der Waals surface area contributed by atoms with Gasteiger partial charge in [0.2, 0.25) is 0 Å². The van der Waals surface area contributed by atoms with Crippen molar-refractivity contribution in [2.45, 2.75) is 44.0 Å². The Morgan fingerprint density at radius 2 is 1.89 bits per heavy atom. The summed E-state index contributed by atoms with van der Waals surface area (Å²) in [6.07, 6.45) is 8.27. The van der Waals surface area contributed by atoms with Crippen molar-refractivity contribution in [1.29, 1.82) is 0 Å². The SMILES string of the molecule is ClCc1coc(N2CCC(N3CCCCC3)CC2)n1. The van der Waals surface area contributed by atoms with E-state index in [9.17, 15) is 0 Å². The minimum Gasteiger partial charge on any atom is -0.432 e. The number of halogens is 1. The van der Waals surface area contributed by atoms with Crippen LogP contribution in [0.2, 0.25) is 0 Å². The van der Waals surface area contributed by atoms with Crippen LogP contribution in [0.3, 0.4) is 0 Å². The van der Waals surface area contributed by atoms with Crippen LogP contribution in [0.25, 0.3) is 0 Å². The number of hydrogen-bond acceptors (Lipinski definition) is 4. The van der Waals surface area contributed by atoms with Crippen LogP contribution < -0.4 is 4.90 Å². The highest BCUT2D eigenvalue weighted by Gasteiger charge is 2.27. The van der Waals surface area contributed by atoms with Gasteiger partial charge in [0, 0.05) is 19.1 Å². The van der Waals surface area contributed by atoms with Gasteiger partial charge in [0.25, 0.3) is 6.01 Å². The summed E-state index contributed by atoms with van der Waals surface area (Å²) in [5.74, 6) is 0.424. The van der Waals surface area contributed by atoms with Crippen molar-refractivity contribution in [3.8, 4) is 0 Å². The first-order valence-electron chi connectivity index (χ1n) is 7.36. The number of rotatable bonds is 3. The van der Waals surface area contributed by atoms with Crippen molar-refractivity contribution in [2.75, 3.05) is 31.1 Å².